The van der Waals surface area contributed by atoms with Crippen molar-refractivity contribution in [2.75, 3.05) is 0 Å². The fourth-order valence-corrected chi connectivity index (χ4v) is 2.15. The second-order valence-corrected chi connectivity index (χ2v) is 4.48. The number of hydrogen-bond acceptors (Lipinski definition) is 2. The van der Waals surface area contributed by atoms with Crippen LogP contribution in [0, 0.1) is 20.8 Å². The molecule has 3 heteroatoms. The molecule has 0 aliphatic carbocycles. The molecule has 0 spiro atoms. The first-order chi connectivity index (χ1) is 7.61. The van der Waals surface area contributed by atoms with Crippen molar-refractivity contribution >= 4 is 15.4 Å². The summed E-state index contributed by atoms with van der Waals surface area (Å²) in [6.07, 6.45) is 3.55. The molecule has 3 radical (unpaired) electrons. The van der Waals surface area contributed by atoms with E-state index in [1.165, 1.54) is 16.7 Å². The van der Waals surface area contributed by atoms with Gasteiger partial charge in [-0.3, -0.25) is 0 Å². The van der Waals surface area contributed by atoms with E-state index < -0.39 is 0 Å². The fraction of sp³-hybridized carbons (Fsp3) is 0.231. The lowest BCUT2D eigenvalue weighted by Crippen LogP contribution is -2.12. The summed E-state index contributed by atoms with van der Waals surface area (Å²) < 4.78 is 0. The van der Waals surface area contributed by atoms with Crippen LogP contribution in [0.25, 0.3) is 11.4 Å². The van der Waals surface area contributed by atoms with Crippen LogP contribution in [0.4, 0.5) is 0 Å². The van der Waals surface area contributed by atoms with Crippen LogP contribution in [-0.4, -0.2) is 20.2 Å². The Kier molecular flexibility index (Phi) is 2.88. The summed E-state index contributed by atoms with van der Waals surface area (Å²) >= 11 is 0. The molecule has 1 heterocycles. The van der Waals surface area contributed by atoms with Crippen molar-refractivity contribution in [3.05, 3.63) is 41.2 Å². The first kappa shape index (κ1) is 11.0. The maximum absolute atomic E-state index is 4.32. The van der Waals surface area contributed by atoms with Gasteiger partial charge in [-0.25, -0.2) is 9.97 Å². The van der Waals surface area contributed by atoms with Crippen molar-refractivity contribution in [3.8, 4) is 11.4 Å². The van der Waals surface area contributed by atoms with Crippen molar-refractivity contribution < 1.29 is 0 Å². The van der Waals surface area contributed by atoms with Gasteiger partial charge in [0.05, 0.1) is 10.2 Å². The third kappa shape index (κ3) is 1.78. The molecule has 0 saturated heterocycles. The Morgan fingerprint density at radius 1 is 1.00 bits per heavy atom. The van der Waals surface area contributed by atoms with Crippen molar-refractivity contribution in [2.45, 2.75) is 20.8 Å². The van der Waals surface area contributed by atoms with E-state index in [0.717, 1.165) is 16.6 Å². The minimum atomic E-state index is 0.792. The molecule has 1 aromatic carbocycles. The molecule has 0 unspecified atom stereocenters. The van der Waals surface area contributed by atoms with E-state index >= 15 is 0 Å². The minimum Gasteiger partial charge on any atom is -0.237 e. The third-order valence-electron chi connectivity index (χ3n) is 2.90. The molecule has 0 N–H and O–H groups in total. The third-order valence-corrected chi connectivity index (χ3v) is 3.42. The molecule has 0 atom stereocenters. The predicted octanol–water partition coefficient (Wildman–Crippen LogP) is 1.86. The standard InChI is InChI=1S/C13H13N2Si/c1-8-7-11(16)10(3)12(9(8)2)13-14-5-4-6-15-13/h4-7H,1-3H3. The first-order valence-corrected chi connectivity index (χ1v) is 5.71. The second-order valence-electron chi connectivity index (χ2n) is 3.94. The lowest BCUT2D eigenvalue weighted by Gasteiger charge is -2.13. The van der Waals surface area contributed by atoms with Gasteiger partial charge in [0.1, 0.15) is 0 Å². The summed E-state index contributed by atoms with van der Waals surface area (Å²) in [5.74, 6) is 0.792. The largest absolute Gasteiger partial charge is 0.237 e. The quantitative estimate of drug-likeness (QED) is 0.692. The zero-order chi connectivity index (χ0) is 11.7. The van der Waals surface area contributed by atoms with Gasteiger partial charge < -0.3 is 0 Å². The molecule has 0 fully saturated rings. The predicted molar refractivity (Wildman–Crippen MR) is 67.1 cm³/mol. The van der Waals surface area contributed by atoms with Crippen LogP contribution in [-0.2, 0) is 0 Å². The second kappa shape index (κ2) is 4.18. The van der Waals surface area contributed by atoms with Crippen molar-refractivity contribution in [1.82, 2.24) is 9.97 Å². The van der Waals surface area contributed by atoms with Crippen molar-refractivity contribution in [3.63, 3.8) is 0 Å². The number of rotatable bonds is 1. The average molecular weight is 225 g/mol. The molecule has 1 aromatic heterocycles. The van der Waals surface area contributed by atoms with Crippen LogP contribution in [0.3, 0.4) is 0 Å². The Morgan fingerprint density at radius 2 is 1.62 bits per heavy atom. The highest BCUT2D eigenvalue weighted by Gasteiger charge is 2.11. The van der Waals surface area contributed by atoms with E-state index in [1.54, 1.807) is 12.4 Å². The molecule has 79 valence electrons. The first-order valence-electron chi connectivity index (χ1n) is 5.21. The Labute approximate surface area is 99.2 Å². The Bertz CT molecular complexity index is 495. The summed E-state index contributed by atoms with van der Waals surface area (Å²) in [6, 6.07) is 3.96. The van der Waals surface area contributed by atoms with Gasteiger partial charge in [0.15, 0.2) is 5.82 Å². The lowest BCUT2D eigenvalue weighted by atomic mass is 9.97. The highest BCUT2D eigenvalue weighted by Crippen LogP contribution is 2.24. The van der Waals surface area contributed by atoms with E-state index in [2.05, 4.69) is 47.0 Å². The van der Waals surface area contributed by atoms with Gasteiger partial charge in [0.2, 0.25) is 0 Å². The van der Waals surface area contributed by atoms with E-state index in [4.69, 9.17) is 0 Å². The van der Waals surface area contributed by atoms with Gasteiger partial charge in [-0.05, 0) is 43.5 Å². The van der Waals surface area contributed by atoms with Crippen LogP contribution in [0.15, 0.2) is 24.5 Å². The molecule has 0 aliphatic rings. The molecule has 16 heavy (non-hydrogen) atoms. The minimum absolute atomic E-state index is 0.792. The van der Waals surface area contributed by atoms with E-state index in [9.17, 15) is 0 Å². The summed E-state index contributed by atoms with van der Waals surface area (Å²) in [4.78, 5) is 8.64. The Balaban J connectivity index is 2.74. The van der Waals surface area contributed by atoms with Gasteiger partial charge in [-0.15, -0.1) is 0 Å². The van der Waals surface area contributed by atoms with E-state index in [-0.39, 0.29) is 0 Å². The zero-order valence-corrected chi connectivity index (χ0v) is 10.7. The van der Waals surface area contributed by atoms with Crippen LogP contribution in [0.1, 0.15) is 16.7 Å². The molecule has 0 saturated carbocycles. The number of aryl methyl sites for hydroxylation is 1. The topological polar surface area (TPSA) is 25.8 Å². The van der Waals surface area contributed by atoms with Crippen LogP contribution < -0.4 is 5.19 Å². The zero-order valence-electron chi connectivity index (χ0n) is 9.70. The van der Waals surface area contributed by atoms with E-state index in [1.807, 2.05) is 6.07 Å². The normalized spacial score (nSPS) is 10.5. The SMILES string of the molecule is Cc1cc([Si])c(C)c(-c2ncccn2)c1C. The van der Waals surface area contributed by atoms with Crippen LogP contribution in [0.5, 0.6) is 0 Å². The summed E-state index contributed by atoms with van der Waals surface area (Å²) in [5, 5.41) is 1.10. The molecule has 2 rings (SSSR count). The van der Waals surface area contributed by atoms with Gasteiger partial charge in [0, 0.05) is 18.0 Å². The summed E-state index contributed by atoms with van der Waals surface area (Å²) in [7, 11) is 3.63. The number of aromatic nitrogens is 2. The molecule has 2 aromatic rings. The summed E-state index contributed by atoms with van der Waals surface area (Å²) in [6.45, 7) is 6.30. The molecule has 0 bridgehead atoms. The van der Waals surface area contributed by atoms with Gasteiger partial charge >= 0.3 is 0 Å². The van der Waals surface area contributed by atoms with Gasteiger partial charge in [-0.1, -0.05) is 11.3 Å². The molecule has 0 aliphatic heterocycles. The maximum Gasteiger partial charge on any atom is 0.159 e. The highest BCUT2D eigenvalue weighted by molar-refractivity contribution is 6.34. The van der Waals surface area contributed by atoms with Crippen molar-refractivity contribution in [1.29, 1.82) is 0 Å². The molecule has 2 nitrogen and oxygen atoms in total. The van der Waals surface area contributed by atoms with Crippen molar-refractivity contribution in [2.24, 2.45) is 0 Å². The van der Waals surface area contributed by atoms with Gasteiger partial charge in [0.25, 0.3) is 0 Å². The summed E-state index contributed by atoms with van der Waals surface area (Å²) in [5.41, 5.74) is 4.81. The Morgan fingerprint density at radius 3 is 2.25 bits per heavy atom. The smallest absolute Gasteiger partial charge is 0.159 e. The molecular weight excluding hydrogens is 212 g/mol. The van der Waals surface area contributed by atoms with Crippen LogP contribution in [0.2, 0.25) is 0 Å². The molecular formula is C13H13N2Si. The monoisotopic (exact) mass is 225 g/mol. The Hall–Kier alpha value is -1.48. The highest BCUT2D eigenvalue weighted by atomic mass is 28.1. The average Bonchev–Trinajstić information content (AvgIpc) is 2.28. The lowest BCUT2D eigenvalue weighted by molar-refractivity contribution is 1.15. The van der Waals surface area contributed by atoms with E-state index in [0.29, 0.717) is 0 Å². The number of benzene rings is 1. The van der Waals surface area contributed by atoms with Gasteiger partial charge in [-0.2, -0.15) is 0 Å². The molecule has 0 amide bonds. The fourth-order valence-electron chi connectivity index (χ4n) is 1.81. The maximum atomic E-state index is 4.32. The number of hydrogen-bond donors (Lipinski definition) is 0. The van der Waals surface area contributed by atoms with Crippen LogP contribution >= 0.6 is 0 Å². The number of nitrogens with zero attached hydrogens (tertiary/aromatic N) is 2.